The molecule has 25 heavy (non-hydrogen) atoms. The number of fused-ring (bicyclic) bond motifs is 1. The molecule has 130 valence electrons. The Balaban J connectivity index is 1.52. The molecule has 0 spiro atoms. The van der Waals surface area contributed by atoms with E-state index in [2.05, 4.69) is 4.90 Å². The highest BCUT2D eigenvalue weighted by atomic mass is 35.5. The van der Waals surface area contributed by atoms with Crippen LogP contribution in [0.5, 0.6) is 5.75 Å². The molecule has 1 amide bonds. The summed E-state index contributed by atoms with van der Waals surface area (Å²) in [7, 11) is 0. The van der Waals surface area contributed by atoms with Gasteiger partial charge < -0.3 is 10.0 Å². The van der Waals surface area contributed by atoms with Crippen molar-refractivity contribution in [2.75, 3.05) is 26.2 Å². The lowest BCUT2D eigenvalue weighted by atomic mass is 10.0. The van der Waals surface area contributed by atoms with Gasteiger partial charge in [0.1, 0.15) is 5.75 Å². The first kappa shape index (κ1) is 16.4. The predicted molar refractivity (Wildman–Crippen MR) is 99.1 cm³/mol. The fraction of sp³-hybridized carbons (Fsp3) is 0.350. The van der Waals surface area contributed by atoms with Gasteiger partial charge in [-0.25, -0.2) is 0 Å². The first-order valence-corrected chi connectivity index (χ1v) is 9.12. The van der Waals surface area contributed by atoms with Crippen LogP contribution >= 0.6 is 11.6 Å². The normalized spacial score (nSPS) is 20.5. The minimum Gasteiger partial charge on any atom is -0.507 e. The number of hydrogen-bond acceptors (Lipinski definition) is 3. The van der Waals surface area contributed by atoms with E-state index in [1.165, 1.54) is 19.4 Å². The van der Waals surface area contributed by atoms with Crippen molar-refractivity contribution in [1.82, 2.24) is 9.80 Å². The number of phenolic OH excluding ortho intramolecular Hbond substituents is 1. The molecule has 0 unspecified atom stereocenters. The van der Waals surface area contributed by atoms with Crippen LogP contribution in [-0.2, 0) is 0 Å². The summed E-state index contributed by atoms with van der Waals surface area (Å²) in [5.41, 5.74) is 2.21. The maximum absolute atomic E-state index is 12.8. The monoisotopic (exact) mass is 356 g/mol. The zero-order valence-electron chi connectivity index (χ0n) is 14.0. The summed E-state index contributed by atoms with van der Waals surface area (Å²) in [6.07, 6.45) is 2.43. The van der Waals surface area contributed by atoms with Gasteiger partial charge in [0.05, 0.1) is 0 Å². The Morgan fingerprint density at radius 3 is 2.68 bits per heavy atom. The standard InChI is InChI=1S/C20H21ClN2O2/c21-16-7-8-19(24)18(12-16)14-3-5-15(6-4-14)20(25)23-11-10-22-9-1-2-17(22)13-23/h3-8,12,17,24H,1-2,9-11,13H2/t17-/m0/s1. The molecular formula is C20H21ClN2O2. The zero-order valence-corrected chi connectivity index (χ0v) is 14.7. The van der Waals surface area contributed by atoms with Crippen LogP contribution in [0.1, 0.15) is 23.2 Å². The van der Waals surface area contributed by atoms with Crippen LogP contribution in [0.3, 0.4) is 0 Å². The van der Waals surface area contributed by atoms with Crippen molar-refractivity contribution in [3.8, 4) is 16.9 Å². The summed E-state index contributed by atoms with van der Waals surface area (Å²) in [6, 6.07) is 12.9. The van der Waals surface area contributed by atoms with Gasteiger partial charge in [0, 0.05) is 41.8 Å². The molecule has 2 aromatic carbocycles. The molecule has 1 atom stereocenters. The van der Waals surface area contributed by atoms with Gasteiger partial charge in [0.25, 0.3) is 5.91 Å². The van der Waals surface area contributed by atoms with E-state index in [0.29, 0.717) is 22.2 Å². The molecular weight excluding hydrogens is 336 g/mol. The Labute approximate surface area is 152 Å². The molecule has 2 aromatic rings. The highest BCUT2D eigenvalue weighted by molar-refractivity contribution is 6.31. The van der Waals surface area contributed by atoms with Crippen molar-refractivity contribution in [2.24, 2.45) is 0 Å². The van der Waals surface area contributed by atoms with Crippen LogP contribution in [0.4, 0.5) is 0 Å². The van der Waals surface area contributed by atoms with Crippen LogP contribution in [0, 0.1) is 0 Å². The number of carbonyl (C=O) groups is 1. The van der Waals surface area contributed by atoms with Crippen molar-refractivity contribution in [3.63, 3.8) is 0 Å². The SMILES string of the molecule is O=C(c1ccc(-c2cc(Cl)ccc2O)cc1)N1CCN2CCC[C@H]2C1. The number of halogens is 1. The van der Waals surface area contributed by atoms with Crippen molar-refractivity contribution < 1.29 is 9.90 Å². The molecule has 4 nitrogen and oxygen atoms in total. The quantitative estimate of drug-likeness (QED) is 0.893. The second-order valence-electron chi connectivity index (χ2n) is 6.82. The van der Waals surface area contributed by atoms with Gasteiger partial charge in [-0.2, -0.15) is 0 Å². The lowest BCUT2D eigenvalue weighted by Gasteiger charge is -2.37. The maximum Gasteiger partial charge on any atom is 0.253 e. The van der Waals surface area contributed by atoms with E-state index in [9.17, 15) is 9.90 Å². The van der Waals surface area contributed by atoms with Crippen LogP contribution < -0.4 is 0 Å². The van der Waals surface area contributed by atoms with Crippen molar-refractivity contribution in [2.45, 2.75) is 18.9 Å². The average Bonchev–Trinajstić information content (AvgIpc) is 3.11. The van der Waals surface area contributed by atoms with Gasteiger partial charge in [0.2, 0.25) is 0 Å². The lowest BCUT2D eigenvalue weighted by molar-refractivity contribution is 0.0571. The molecule has 2 fully saturated rings. The van der Waals surface area contributed by atoms with E-state index >= 15 is 0 Å². The van der Waals surface area contributed by atoms with Crippen LogP contribution in [0.15, 0.2) is 42.5 Å². The zero-order chi connectivity index (χ0) is 17.4. The summed E-state index contributed by atoms with van der Waals surface area (Å²) in [6.45, 7) is 3.78. The Hall–Kier alpha value is -2.04. The fourth-order valence-corrected chi connectivity index (χ4v) is 4.06. The minimum absolute atomic E-state index is 0.0911. The smallest absolute Gasteiger partial charge is 0.253 e. The van der Waals surface area contributed by atoms with E-state index < -0.39 is 0 Å². The van der Waals surface area contributed by atoms with E-state index in [1.54, 1.807) is 18.2 Å². The highest BCUT2D eigenvalue weighted by Crippen LogP contribution is 2.32. The Kier molecular flexibility index (Phi) is 4.40. The van der Waals surface area contributed by atoms with Gasteiger partial charge in [0.15, 0.2) is 0 Å². The number of benzene rings is 2. The van der Waals surface area contributed by atoms with Crippen molar-refractivity contribution >= 4 is 17.5 Å². The van der Waals surface area contributed by atoms with E-state index in [4.69, 9.17) is 11.6 Å². The maximum atomic E-state index is 12.8. The molecule has 2 aliphatic rings. The largest absolute Gasteiger partial charge is 0.507 e. The molecule has 0 radical (unpaired) electrons. The van der Waals surface area contributed by atoms with E-state index in [-0.39, 0.29) is 11.7 Å². The van der Waals surface area contributed by atoms with Gasteiger partial charge in [-0.05, 0) is 55.3 Å². The van der Waals surface area contributed by atoms with Gasteiger partial charge in [-0.15, -0.1) is 0 Å². The summed E-state index contributed by atoms with van der Waals surface area (Å²) in [5, 5.41) is 10.6. The number of amides is 1. The number of piperazine rings is 1. The minimum atomic E-state index is 0.0911. The molecule has 2 saturated heterocycles. The van der Waals surface area contributed by atoms with Gasteiger partial charge in [-0.3, -0.25) is 9.69 Å². The number of carbonyl (C=O) groups excluding carboxylic acids is 1. The molecule has 0 saturated carbocycles. The summed E-state index contributed by atoms with van der Waals surface area (Å²) < 4.78 is 0. The molecule has 0 aliphatic carbocycles. The third-order valence-electron chi connectivity index (χ3n) is 5.28. The van der Waals surface area contributed by atoms with Crippen LogP contribution in [0.2, 0.25) is 5.02 Å². The van der Waals surface area contributed by atoms with Gasteiger partial charge in [-0.1, -0.05) is 23.7 Å². The lowest BCUT2D eigenvalue weighted by Crippen LogP contribution is -2.52. The predicted octanol–water partition coefficient (Wildman–Crippen LogP) is 3.63. The molecule has 0 aromatic heterocycles. The highest BCUT2D eigenvalue weighted by Gasteiger charge is 2.32. The number of phenols is 1. The summed E-state index contributed by atoms with van der Waals surface area (Å²) >= 11 is 6.02. The molecule has 1 N–H and O–H groups in total. The van der Waals surface area contributed by atoms with Crippen molar-refractivity contribution in [1.29, 1.82) is 0 Å². The number of nitrogens with zero attached hydrogens (tertiary/aromatic N) is 2. The first-order chi connectivity index (χ1) is 12.1. The third kappa shape index (κ3) is 3.24. The summed E-state index contributed by atoms with van der Waals surface area (Å²) in [4.78, 5) is 17.3. The number of aromatic hydroxyl groups is 1. The van der Waals surface area contributed by atoms with E-state index in [0.717, 1.165) is 25.2 Å². The summed E-state index contributed by atoms with van der Waals surface area (Å²) in [5.74, 6) is 0.272. The second kappa shape index (κ2) is 6.70. The average molecular weight is 357 g/mol. The number of rotatable bonds is 2. The Morgan fingerprint density at radius 2 is 1.88 bits per heavy atom. The Bertz CT molecular complexity index is 791. The molecule has 0 bridgehead atoms. The molecule has 2 aliphatic heterocycles. The number of hydrogen-bond donors (Lipinski definition) is 1. The van der Waals surface area contributed by atoms with E-state index in [1.807, 2.05) is 29.2 Å². The molecule has 4 rings (SSSR count). The second-order valence-corrected chi connectivity index (χ2v) is 7.26. The van der Waals surface area contributed by atoms with Crippen molar-refractivity contribution in [3.05, 3.63) is 53.1 Å². The van der Waals surface area contributed by atoms with Gasteiger partial charge >= 0.3 is 0 Å². The topological polar surface area (TPSA) is 43.8 Å². The fourth-order valence-electron chi connectivity index (χ4n) is 3.89. The Morgan fingerprint density at radius 1 is 1.08 bits per heavy atom. The molecule has 2 heterocycles. The van der Waals surface area contributed by atoms with Crippen LogP contribution in [-0.4, -0.2) is 53.0 Å². The first-order valence-electron chi connectivity index (χ1n) is 8.74. The van der Waals surface area contributed by atoms with Crippen LogP contribution in [0.25, 0.3) is 11.1 Å². The third-order valence-corrected chi connectivity index (χ3v) is 5.51. The molecule has 5 heteroatoms.